The number of carboxylic acid groups (broad SMARTS) is 1. The third-order valence-corrected chi connectivity index (χ3v) is 5.29. The molecule has 2 aliphatic rings. The molecule has 1 unspecified atom stereocenters. The summed E-state index contributed by atoms with van der Waals surface area (Å²) in [7, 11) is 0. The van der Waals surface area contributed by atoms with Gasteiger partial charge in [0, 0.05) is 18.4 Å². The highest BCUT2D eigenvalue weighted by Crippen LogP contribution is 2.51. The van der Waals surface area contributed by atoms with Crippen molar-refractivity contribution < 1.29 is 32.5 Å². The van der Waals surface area contributed by atoms with Gasteiger partial charge in [0.1, 0.15) is 0 Å². The Morgan fingerprint density at radius 2 is 1.92 bits per heavy atom. The molecule has 2 aliphatic heterocycles. The van der Waals surface area contributed by atoms with Crippen LogP contribution in [0.5, 0.6) is 11.5 Å². The highest BCUT2D eigenvalue weighted by atomic mass is 35.5. The maximum atomic E-state index is 12.5. The van der Waals surface area contributed by atoms with Crippen LogP contribution in [0, 0.1) is 12.8 Å². The van der Waals surface area contributed by atoms with Gasteiger partial charge in [-0.05, 0) is 38.9 Å². The predicted octanol–water partition coefficient (Wildman–Crippen LogP) is 4.11. The summed E-state index contributed by atoms with van der Waals surface area (Å²) in [6, 6.07) is 1.32. The second kappa shape index (κ2) is 6.49. The van der Waals surface area contributed by atoms with Crippen LogP contribution >= 0.6 is 11.6 Å². The van der Waals surface area contributed by atoms with Crippen LogP contribution in [0.4, 0.5) is 13.2 Å². The van der Waals surface area contributed by atoms with Crippen molar-refractivity contribution >= 4 is 17.6 Å². The Labute approximate surface area is 153 Å². The van der Waals surface area contributed by atoms with Crippen molar-refractivity contribution in [3.05, 3.63) is 22.2 Å². The molecule has 26 heavy (non-hydrogen) atoms. The van der Waals surface area contributed by atoms with E-state index in [9.17, 15) is 23.1 Å². The lowest BCUT2D eigenvalue weighted by molar-refractivity contribution is -0.159. The van der Waals surface area contributed by atoms with E-state index in [1.807, 2.05) is 0 Å². The SMILES string of the molecule is Cc1c(C(=O)O)cc(Cl)c2c1OC(C)(C1CCN(CC(F)(F)F)CC1)O2. The summed E-state index contributed by atoms with van der Waals surface area (Å²) in [5, 5.41) is 9.41. The normalized spacial score (nSPS) is 24.1. The van der Waals surface area contributed by atoms with Crippen LogP contribution in [0.25, 0.3) is 0 Å². The van der Waals surface area contributed by atoms with E-state index >= 15 is 0 Å². The number of benzene rings is 1. The number of carboxylic acids is 1. The van der Waals surface area contributed by atoms with Crippen molar-refractivity contribution in [2.75, 3.05) is 19.6 Å². The molecule has 0 bridgehead atoms. The maximum absolute atomic E-state index is 12.5. The summed E-state index contributed by atoms with van der Waals surface area (Å²) in [6.45, 7) is 2.98. The van der Waals surface area contributed by atoms with Gasteiger partial charge < -0.3 is 14.6 Å². The number of hydrogen-bond acceptors (Lipinski definition) is 4. The highest BCUT2D eigenvalue weighted by molar-refractivity contribution is 6.32. The molecule has 1 saturated heterocycles. The Balaban J connectivity index is 1.76. The van der Waals surface area contributed by atoms with Crippen LogP contribution in [0.15, 0.2) is 6.07 Å². The number of hydrogen-bond donors (Lipinski definition) is 1. The van der Waals surface area contributed by atoms with Crippen LogP contribution in [-0.2, 0) is 0 Å². The zero-order chi connectivity index (χ0) is 19.3. The number of halogens is 4. The Bertz CT molecular complexity index is 732. The largest absolute Gasteiger partial charge is 0.478 e. The molecule has 9 heteroatoms. The quantitative estimate of drug-likeness (QED) is 0.837. The molecule has 5 nitrogen and oxygen atoms in total. The van der Waals surface area contributed by atoms with Crippen LogP contribution in [0.3, 0.4) is 0 Å². The van der Waals surface area contributed by atoms with Gasteiger partial charge in [-0.3, -0.25) is 4.90 Å². The van der Waals surface area contributed by atoms with Crippen molar-refractivity contribution in [2.24, 2.45) is 5.92 Å². The van der Waals surface area contributed by atoms with Crippen molar-refractivity contribution in [3.63, 3.8) is 0 Å². The zero-order valence-electron chi connectivity index (χ0n) is 14.3. The third-order valence-electron chi connectivity index (χ3n) is 5.01. The molecule has 0 radical (unpaired) electrons. The average Bonchev–Trinajstić information content (AvgIpc) is 2.90. The second-order valence-corrected chi connectivity index (χ2v) is 7.29. The number of likely N-dealkylation sites (tertiary alicyclic amines) is 1. The van der Waals surface area contributed by atoms with Gasteiger partial charge in [-0.25, -0.2) is 4.79 Å². The Morgan fingerprint density at radius 3 is 2.46 bits per heavy atom. The fourth-order valence-corrected chi connectivity index (χ4v) is 3.84. The Kier molecular flexibility index (Phi) is 4.77. The van der Waals surface area contributed by atoms with E-state index < -0.39 is 24.5 Å². The smallest absolute Gasteiger partial charge is 0.401 e. The van der Waals surface area contributed by atoms with Gasteiger partial charge >= 0.3 is 12.1 Å². The minimum Gasteiger partial charge on any atom is -0.478 e. The molecule has 1 aromatic rings. The first-order valence-corrected chi connectivity index (χ1v) is 8.61. The molecule has 0 amide bonds. The van der Waals surface area contributed by atoms with Gasteiger partial charge in [0.2, 0.25) is 0 Å². The topological polar surface area (TPSA) is 59.0 Å². The van der Waals surface area contributed by atoms with E-state index in [4.69, 9.17) is 21.1 Å². The summed E-state index contributed by atoms with van der Waals surface area (Å²) >= 11 is 6.15. The van der Waals surface area contributed by atoms with Gasteiger partial charge in [0.25, 0.3) is 5.79 Å². The van der Waals surface area contributed by atoms with Gasteiger partial charge in [-0.1, -0.05) is 11.6 Å². The lowest BCUT2D eigenvalue weighted by Crippen LogP contribution is -2.49. The number of ether oxygens (including phenoxy) is 2. The molecule has 1 aromatic carbocycles. The molecule has 1 N–H and O–H groups in total. The molecule has 2 heterocycles. The molecular weight excluding hydrogens is 375 g/mol. The summed E-state index contributed by atoms with van der Waals surface area (Å²) in [5.74, 6) is -1.77. The fourth-order valence-electron chi connectivity index (χ4n) is 3.60. The number of nitrogens with zero attached hydrogens (tertiary/aromatic N) is 1. The van der Waals surface area contributed by atoms with E-state index in [0.717, 1.165) is 0 Å². The Morgan fingerprint density at radius 1 is 1.35 bits per heavy atom. The van der Waals surface area contributed by atoms with Crippen molar-refractivity contribution in [1.29, 1.82) is 0 Å². The van der Waals surface area contributed by atoms with E-state index in [0.29, 0.717) is 18.4 Å². The first kappa shape index (κ1) is 19.1. The zero-order valence-corrected chi connectivity index (χ0v) is 15.1. The average molecular weight is 394 g/mol. The van der Waals surface area contributed by atoms with Crippen molar-refractivity contribution in [2.45, 2.75) is 38.7 Å². The summed E-state index contributed by atoms with van der Waals surface area (Å²) in [4.78, 5) is 12.7. The minimum atomic E-state index is -4.22. The van der Waals surface area contributed by atoms with E-state index in [2.05, 4.69) is 0 Å². The van der Waals surface area contributed by atoms with Gasteiger partial charge in [-0.2, -0.15) is 13.2 Å². The van der Waals surface area contributed by atoms with Crippen LogP contribution in [0.1, 0.15) is 35.7 Å². The van der Waals surface area contributed by atoms with Crippen LogP contribution < -0.4 is 9.47 Å². The second-order valence-electron chi connectivity index (χ2n) is 6.88. The first-order valence-electron chi connectivity index (χ1n) is 8.23. The van der Waals surface area contributed by atoms with E-state index in [-0.39, 0.29) is 41.1 Å². The van der Waals surface area contributed by atoms with E-state index in [1.165, 1.54) is 11.0 Å². The highest BCUT2D eigenvalue weighted by Gasteiger charge is 2.47. The lowest BCUT2D eigenvalue weighted by atomic mass is 9.89. The number of rotatable bonds is 3. The molecule has 0 spiro atoms. The molecule has 0 aliphatic carbocycles. The number of fused-ring (bicyclic) bond motifs is 1. The van der Waals surface area contributed by atoms with Crippen molar-refractivity contribution in [1.82, 2.24) is 4.90 Å². The summed E-state index contributed by atoms with van der Waals surface area (Å²) < 4.78 is 49.5. The molecular formula is C17H19ClF3NO4. The van der Waals surface area contributed by atoms with Gasteiger partial charge in [0.15, 0.2) is 11.5 Å². The van der Waals surface area contributed by atoms with Gasteiger partial charge in [0.05, 0.1) is 17.1 Å². The Hall–Kier alpha value is -1.67. The number of piperidine rings is 1. The molecule has 0 saturated carbocycles. The maximum Gasteiger partial charge on any atom is 0.401 e. The lowest BCUT2D eigenvalue weighted by Gasteiger charge is -2.38. The third kappa shape index (κ3) is 3.57. The minimum absolute atomic E-state index is 0.0293. The molecule has 144 valence electrons. The van der Waals surface area contributed by atoms with Crippen LogP contribution in [0.2, 0.25) is 5.02 Å². The monoisotopic (exact) mass is 393 g/mol. The molecule has 3 rings (SSSR count). The predicted molar refractivity (Wildman–Crippen MR) is 88.0 cm³/mol. The molecule has 1 fully saturated rings. The van der Waals surface area contributed by atoms with E-state index in [1.54, 1.807) is 13.8 Å². The molecule has 0 aromatic heterocycles. The van der Waals surface area contributed by atoms with Crippen molar-refractivity contribution in [3.8, 4) is 11.5 Å². The fraction of sp³-hybridized carbons (Fsp3) is 0.588. The standard InChI is InChI=1S/C17H19ClF3NO4/c1-9-11(15(23)24)7-12(18)14-13(9)25-16(2,26-14)10-3-5-22(6-4-10)8-17(19,20)21/h7,10H,3-6,8H2,1-2H3,(H,23,24). The molecule has 1 atom stereocenters. The van der Waals surface area contributed by atoms with Crippen LogP contribution in [-0.4, -0.2) is 47.6 Å². The first-order chi connectivity index (χ1) is 12.0. The summed E-state index contributed by atoms with van der Waals surface area (Å²) in [5.41, 5.74) is 0.441. The number of alkyl halides is 3. The summed E-state index contributed by atoms with van der Waals surface area (Å²) in [6.07, 6.45) is -3.27. The number of aromatic carboxylic acids is 1. The number of carbonyl (C=O) groups is 1. The van der Waals surface area contributed by atoms with Gasteiger partial charge in [-0.15, -0.1) is 0 Å².